The Kier molecular flexibility index (Phi) is 53.0. The average Bonchev–Trinajstić information content (AvgIpc) is 3.23. The Labute approximate surface area is 369 Å². The van der Waals surface area contributed by atoms with Gasteiger partial charge >= 0.3 is 17.9 Å². The highest BCUT2D eigenvalue weighted by Crippen LogP contribution is 2.16. The first-order valence-corrected chi connectivity index (χ1v) is 26.4. The number of unbranched alkanes of at least 4 members (excludes halogenated alkanes) is 37. The van der Waals surface area contributed by atoms with Crippen LogP contribution in [-0.4, -0.2) is 37.2 Å². The topological polar surface area (TPSA) is 78.9 Å². The van der Waals surface area contributed by atoms with Crippen molar-refractivity contribution in [1.29, 1.82) is 0 Å². The van der Waals surface area contributed by atoms with Gasteiger partial charge in [0.15, 0.2) is 6.10 Å². The van der Waals surface area contributed by atoms with Crippen molar-refractivity contribution in [3.8, 4) is 0 Å². The van der Waals surface area contributed by atoms with Crippen LogP contribution < -0.4 is 0 Å². The molecule has 352 valence electrons. The normalized spacial score (nSPS) is 11.5. The molecule has 0 N–H and O–H groups in total. The highest BCUT2D eigenvalue weighted by molar-refractivity contribution is 5.70. The summed E-state index contributed by atoms with van der Waals surface area (Å²) >= 11 is 0. The van der Waals surface area contributed by atoms with Gasteiger partial charge in [-0.3, -0.25) is 14.4 Å². The fraction of sp³-hybridized carbons (Fsp3) is 0.943. The average molecular weight is 837 g/mol. The molecule has 0 rings (SSSR count). The van der Waals surface area contributed by atoms with E-state index in [1.807, 2.05) is 0 Å². The summed E-state index contributed by atoms with van der Waals surface area (Å²) in [6.45, 7) is 10.2. The predicted molar refractivity (Wildman–Crippen MR) is 254 cm³/mol. The third-order valence-corrected chi connectivity index (χ3v) is 11.6. The Bertz CT molecular complexity index is 834. The van der Waals surface area contributed by atoms with Crippen molar-refractivity contribution < 1.29 is 28.6 Å². The number of carbonyl (C=O) groups is 3. The summed E-state index contributed by atoms with van der Waals surface area (Å²) in [5.74, 6) is -1.06. The van der Waals surface area contributed by atoms with Crippen molar-refractivity contribution in [3.05, 3.63) is 0 Å². The van der Waals surface area contributed by atoms with Crippen LogP contribution in [0.1, 0.15) is 304 Å². The van der Waals surface area contributed by atoms with E-state index in [0.29, 0.717) is 12.8 Å². The van der Waals surface area contributed by atoms with Crippen LogP contribution in [0.3, 0.4) is 0 Å². The maximum absolute atomic E-state index is 12.4. The Morgan fingerprint density at radius 2 is 0.525 bits per heavy atom. The van der Waals surface area contributed by atoms with Gasteiger partial charge in [0.05, 0.1) is 0 Å². The SMILES string of the molecule is CCCCCCCCCCCC.CCCCCCCCCCCCCCCCCC(=O)OC[C@@H](COC(C)=O)OC(=O)CCCCCCCCCCCCCCCCC. The molecular weight excluding hydrogens is 733 g/mol. The lowest BCUT2D eigenvalue weighted by atomic mass is 10.0. The number of ether oxygens (including phenoxy) is 3. The summed E-state index contributed by atoms with van der Waals surface area (Å²) in [5, 5.41) is 0. The van der Waals surface area contributed by atoms with E-state index < -0.39 is 12.1 Å². The van der Waals surface area contributed by atoms with E-state index in [9.17, 15) is 14.4 Å². The third-order valence-electron chi connectivity index (χ3n) is 11.6. The van der Waals surface area contributed by atoms with Crippen LogP contribution in [-0.2, 0) is 28.6 Å². The van der Waals surface area contributed by atoms with Gasteiger partial charge in [-0.1, -0.05) is 272 Å². The Morgan fingerprint density at radius 3 is 0.780 bits per heavy atom. The van der Waals surface area contributed by atoms with Crippen molar-refractivity contribution in [1.82, 2.24) is 0 Å². The molecule has 0 aromatic rings. The smallest absolute Gasteiger partial charge is 0.306 e. The van der Waals surface area contributed by atoms with Crippen molar-refractivity contribution >= 4 is 17.9 Å². The van der Waals surface area contributed by atoms with Crippen molar-refractivity contribution in [2.45, 2.75) is 310 Å². The van der Waals surface area contributed by atoms with E-state index in [-0.39, 0.29) is 25.2 Å². The molecule has 0 radical (unpaired) electrons. The van der Waals surface area contributed by atoms with Crippen molar-refractivity contribution in [2.24, 2.45) is 0 Å². The number of hydrogen-bond acceptors (Lipinski definition) is 6. The second-order valence-corrected chi connectivity index (χ2v) is 17.8. The lowest BCUT2D eigenvalue weighted by molar-refractivity contribution is -0.166. The Balaban J connectivity index is 0. The van der Waals surface area contributed by atoms with Gasteiger partial charge in [0.2, 0.25) is 0 Å². The maximum atomic E-state index is 12.4. The van der Waals surface area contributed by atoms with Crippen LogP contribution in [0.2, 0.25) is 0 Å². The molecule has 0 aromatic carbocycles. The van der Waals surface area contributed by atoms with Crippen molar-refractivity contribution in [2.75, 3.05) is 13.2 Å². The Morgan fingerprint density at radius 1 is 0.305 bits per heavy atom. The molecule has 0 aliphatic heterocycles. The van der Waals surface area contributed by atoms with E-state index in [1.54, 1.807) is 0 Å². The van der Waals surface area contributed by atoms with Gasteiger partial charge < -0.3 is 14.2 Å². The third kappa shape index (κ3) is 54.4. The second-order valence-electron chi connectivity index (χ2n) is 17.8. The van der Waals surface area contributed by atoms with Gasteiger partial charge in [-0.05, 0) is 12.8 Å². The standard InChI is InChI=1S/C41H78O6.C12H26/c1-4-6-8-10-12-14-16-18-20-22-24-26-28-30-32-34-40(43)46-37-39(36-45-38(3)42)47-41(44)35-33-31-29-27-25-23-21-19-17-15-13-11-9-7-5-2;1-3-5-7-9-11-12-10-8-6-4-2/h39H,4-37H2,1-3H3;3-12H2,1-2H3/t39-;/m1./s1. The molecule has 0 saturated heterocycles. The minimum atomic E-state index is -0.757. The lowest BCUT2D eigenvalue weighted by Crippen LogP contribution is -2.30. The zero-order valence-corrected chi connectivity index (χ0v) is 40.6. The van der Waals surface area contributed by atoms with Crippen LogP contribution in [0, 0.1) is 0 Å². The molecular formula is C53H104O6. The van der Waals surface area contributed by atoms with Gasteiger partial charge in [0.25, 0.3) is 0 Å². The quantitative estimate of drug-likeness (QED) is 0.0345. The monoisotopic (exact) mass is 837 g/mol. The van der Waals surface area contributed by atoms with E-state index in [1.165, 1.54) is 225 Å². The first-order valence-electron chi connectivity index (χ1n) is 26.4. The van der Waals surface area contributed by atoms with Gasteiger partial charge in [-0.2, -0.15) is 0 Å². The lowest BCUT2D eigenvalue weighted by Gasteiger charge is -2.18. The molecule has 0 amide bonds. The van der Waals surface area contributed by atoms with Crippen LogP contribution in [0.5, 0.6) is 0 Å². The zero-order valence-electron chi connectivity index (χ0n) is 40.6. The molecule has 0 spiro atoms. The number of esters is 3. The number of carbonyl (C=O) groups excluding carboxylic acids is 3. The fourth-order valence-electron chi connectivity index (χ4n) is 7.67. The van der Waals surface area contributed by atoms with Gasteiger partial charge in [-0.25, -0.2) is 0 Å². The van der Waals surface area contributed by atoms with E-state index in [4.69, 9.17) is 14.2 Å². The summed E-state index contributed by atoms with van der Waals surface area (Å²) in [6, 6.07) is 0. The van der Waals surface area contributed by atoms with E-state index >= 15 is 0 Å². The van der Waals surface area contributed by atoms with Crippen molar-refractivity contribution in [3.63, 3.8) is 0 Å². The van der Waals surface area contributed by atoms with E-state index in [2.05, 4.69) is 27.7 Å². The van der Waals surface area contributed by atoms with Gasteiger partial charge in [0, 0.05) is 19.8 Å². The van der Waals surface area contributed by atoms with Crippen LogP contribution in [0.25, 0.3) is 0 Å². The van der Waals surface area contributed by atoms with E-state index in [0.717, 1.165) is 38.5 Å². The summed E-state index contributed by atoms with van der Waals surface area (Å²) in [6.07, 6.45) is 52.7. The first-order chi connectivity index (χ1) is 28.9. The minimum Gasteiger partial charge on any atom is -0.462 e. The number of rotatable bonds is 46. The number of hydrogen-bond donors (Lipinski definition) is 0. The molecule has 6 nitrogen and oxygen atoms in total. The molecule has 0 fully saturated rings. The summed E-state index contributed by atoms with van der Waals surface area (Å²) in [4.78, 5) is 36.0. The van der Waals surface area contributed by atoms with Crippen LogP contribution in [0.4, 0.5) is 0 Å². The van der Waals surface area contributed by atoms with Crippen LogP contribution >= 0.6 is 0 Å². The Hall–Kier alpha value is -1.59. The fourth-order valence-corrected chi connectivity index (χ4v) is 7.67. The molecule has 0 heterocycles. The minimum absolute atomic E-state index is 0.0740. The molecule has 0 aliphatic rings. The molecule has 0 bridgehead atoms. The predicted octanol–water partition coefficient (Wildman–Crippen LogP) is 17.5. The molecule has 59 heavy (non-hydrogen) atoms. The molecule has 1 atom stereocenters. The maximum Gasteiger partial charge on any atom is 0.306 e. The summed E-state index contributed by atoms with van der Waals surface area (Å²) in [5.41, 5.74) is 0. The molecule has 0 aromatic heterocycles. The second kappa shape index (κ2) is 52.5. The summed E-state index contributed by atoms with van der Waals surface area (Å²) in [7, 11) is 0. The first kappa shape index (κ1) is 59.5. The van der Waals surface area contributed by atoms with Crippen LogP contribution in [0.15, 0.2) is 0 Å². The molecule has 0 aliphatic carbocycles. The highest BCUT2D eigenvalue weighted by atomic mass is 16.6. The van der Waals surface area contributed by atoms with Gasteiger partial charge in [0.1, 0.15) is 13.2 Å². The molecule has 6 heteroatoms. The zero-order chi connectivity index (χ0) is 43.5. The summed E-state index contributed by atoms with van der Waals surface area (Å²) < 4.78 is 15.9. The molecule has 0 unspecified atom stereocenters. The molecule has 0 saturated carbocycles. The highest BCUT2D eigenvalue weighted by Gasteiger charge is 2.18. The van der Waals surface area contributed by atoms with Gasteiger partial charge in [-0.15, -0.1) is 0 Å². The largest absolute Gasteiger partial charge is 0.462 e.